The molecule has 2 aromatic rings. The molecule has 1 amide bonds. The fraction of sp³-hybridized carbons (Fsp3) is 0.294. The van der Waals surface area contributed by atoms with Gasteiger partial charge in [-0.05, 0) is 43.0 Å². The highest BCUT2D eigenvalue weighted by Gasteiger charge is 2.28. The van der Waals surface area contributed by atoms with Crippen molar-refractivity contribution in [2.75, 3.05) is 0 Å². The van der Waals surface area contributed by atoms with Gasteiger partial charge in [0.15, 0.2) is 0 Å². The van der Waals surface area contributed by atoms with Crippen molar-refractivity contribution in [2.24, 2.45) is 0 Å². The molecular formula is C17H15ClN2O5. The third kappa shape index (κ3) is 3.41. The second-order valence-corrected chi connectivity index (χ2v) is 6.33. The average Bonchev–Trinajstić information content (AvgIpc) is 2.99. The van der Waals surface area contributed by atoms with Crippen LogP contribution >= 0.6 is 11.6 Å². The number of hydrogen-bond acceptors (Lipinski definition) is 4. The number of benzene rings is 1. The van der Waals surface area contributed by atoms with Crippen molar-refractivity contribution < 1.29 is 24.6 Å². The van der Waals surface area contributed by atoms with E-state index in [2.05, 4.69) is 10.3 Å². The normalized spacial score (nSPS) is 14.1. The number of carbonyl (C=O) groups is 3. The van der Waals surface area contributed by atoms with Crippen molar-refractivity contribution in [3.63, 3.8) is 0 Å². The lowest BCUT2D eigenvalue weighted by atomic mass is 10.00. The van der Waals surface area contributed by atoms with Gasteiger partial charge in [-0.2, -0.15) is 0 Å². The number of hydrogen-bond donors (Lipinski definition) is 3. The molecule has 1 aliphatic carbocycles. The highest BCUT2D eigenvalue weighted by Crippen LogP contribution is 2.31. The van der Waals surface area contributed by atoms with E-state index in [4.69, 9.17) is 21.8 Å². The topological polar surface area (TPSA) is 117 Å². The molecule has 1 aromatic carbocycles. The molecule has 3 N–H and O–H groups in total. The van der Waals surface area contributed by atoms with Crippen molar-refractivity contribution in [1.82, 2.24) is 10.3 Å². The number of pyridine rings is 1. The summed E-state index contributed by atoms with van der Waals surface area (Å²) in [5.74, 6) is -3.33. The molecule has 0 spiro atoms. The SMILES string of the molecule is O=C(O)CC(NC(=O)c1c2c(nc3ccc(Cl)cc13)CCC2)C(=O)O. The number of fused-ring (bicyclic) bond motifs is 2. The van der Waals surface area contributed by atoms with E-state index in [0.29, 0.717) is 27.9 Å². The maximum atomic E-state index is 12.8. The van der Waals surface area contributed by atoms with Gasteiger partial charge in [-0.25, -0.2) is 4.79 Å². The summed E-state index contributed by atoms with van der Waals surface area (Å²) in [4.78, 5) is 39.4. The molecule has 0 fully saturated rings. The molecule has 1 aliphatic rings. The first kappa shape index (κ1) is 17.2. The van der Waals surface area contributed by atoms with E-state index in [0.717, 1.165) is 24.1 Å². The minimum absolute atomic E-state index is 0.330. The number of carboxylic acid groups (broad SMARTS) is 2. The Labute approximate surface area is 147 Å². The quantitative estimate of drug-likeness (QED) is 0.749. The molecule has 1 atom stereocenters. The Morgan fingerprint density at radius 3 is 2.68 bits per heavy atom. The van der Waals surface area contributed by atoms with Crippen LogP contribution in [0.5, 0.6) is 0 Å². The summed E-state index contributed by atoms with van der Waals surface area (Å²) < 4.78 is 0. The van der Waals surface area contributed by atoms with Crippen LogP contribution < -0.4 is 5.32 Å². The van der Waals surface area contributed by atoms with E-state index in [1.54, 1.807) is 18.2 Å². The first-order chi connectivity index (χ1) is 11.9. The van der Waals surface area contributed by atoms with E-state index in [1.165, 1.54) is 0 Å². The van der Waals surface area contributed by atoms with Crippen molar-refractivity contribution in [3.8, 4) is 0 Å². The molecule has 3 rings (SSSR count). The summed E-state index contributed by atoms with van der Waals surface area (Å²) >= 11 is 6.04. The molecule has 0 radical (unpaired) electrons. The van der Waals surface area contributed by atoms with E-state index in [1.807, 2.05) is 0 Å². The monoisotopic (exact) mass is 362 g/mol. The standard InChI is InChI=1S/C17H15ClN2O5/c18-8-4-5-12-10(6-8)15(9-2-1-3-11(9)19-12)16(23)20-13(17(24)25)7-14(21)22/h4-6,13H,1-3,7H2,(H,20,23)(H,21,22)(H,24,25). The van der Waals surface area contributed by atoms with Gasteiger partial charge in [0, 0.05) is 16.1 Å². The molecule has 0 saturated heterocycles. The van der Waals surface area contributed by atoms with Crippen LogP contribution in [-0.4, -0.2) is 39.1 Å². The Morgan fingerprint density at radius 2 is 2.00 bits per heavy atom. The Balaban J connectivity index is 2.07. The highest BCUT2D eigenvalue weighted by molar-refractivity contribution is 6.31. The van der Waals surface area contributed by atoms with Crippen LogP contribution in [0.1, 0.15) is 34.5 Å². The Kier molecular flexibility index (Phi) is 4.59. The van der Waals surface area contributed by atoms with Gasteiger partial charge in [0.2, 0.25) is 0 Å². The van der Waals surface area contributed by atoms with Crippen molar-refractivity contribution in [1.29, 1.82) is 0 Å². The zero-order valence-electron chi connectivity index (χ0n) is 13.1. The van der Waals surface area contributed by atoms with Crippen LogP contribution in [0.3, 0.4) is 0 Å². The summed E-state index contributed by atoms with van der Waals surface area (Å²) in [6.07, 6.45) is 1.55. The zero-order chi connectivity index (χ0) is 18.1. The summed E-state index contributed by atoms with van der Waals surface area (Å²) in [5, 5.41) is 21.3. The largest absolute Gasteiger partial charge is 0.481 e. The number of carbonyl (C=O) groups excluding carboxylic acids is 1. The van der Waals surface area contributed by atoms with Crippen LogP contribution in [0.2, 0.25) is 5.02 Å². The predicted molar refractivity (Wildman–Crippen MR) is 89.9 cm³/mol. The van der Waals surface area contributed by atoms with Crippen LogP contribution in [-0.2, 0) is 22.4 Å². The summed E-state index contributed by atoms with van der Waals surface area (Å²) in [7, 11) is 0. The number of aliphatic carboxylic acids is 2. The van der Waals surface area contributed by atoms with Crippen LogP contribution in [0.15, 0.2) is 18.2 Å². The first-order valence-electron chi connectivity index (χ1n) is 7.73. The lowest BCUT2D eigenvalue weighted by Crippen LogP contribution is -2.42. The molecule has 1 heterocycles. The number of rotatable bonds is 5. The van der Waals surface area contributed by atoms with E-state index < -0.39 is 30.3 Å². The number of nitrogens with one attached hydrogen (secondary N) is 1. The fourth-order valence-electron chi connectivity index (χ4n) is 3.10. The molecular weight excluding hydrogens is 348 g/mol. The Hall–Kier alpha value is -2.67. The first-order valence-corrected chi connectivity index (χ1v) is 8.11. The second-order valence-electron chi connectivity index (χ2n) is 5.89. The van der Waals surface area contributed by atoms with Gasteiger partial charge >= 0.3 is 11.9 Å². The summed E-state index contributed by atoms with van der Waals surface area (Å²) in [6, 6.07) is 3.48. The van der Waals surface area contributed by atoms with Gasteiger partial charge in [0.1, 0.15) is 6.04 Å². The summed E-state index contributed by atoms with van der Waals surface area (Å²) in [5.41, 5.74) is 2.51. The molecule has 8 heteroatoms. The predicted octanol–water partition coefficient (Wildman–Crippen LogP) is 2.03. The molecule has 0 aliphatic heterocycles. The van der Waals surface area contributed by atoms with Gasteiger partial charge in [0.05, 0.1) is 17.5 Å². The molecule has 0 bridgehead atoms. The van der Waals surface area contributed by atoms with Crippen LogP contribution in [0.4, 0.5) is 0 Å². The van der Waals surface area contributed by atoms with Crippen molar-refractivity contribution in [2.45, 2.75) is 31.7 Å². The maximum Gasteiger partial charge on any atom is 0.326 e. The lowest BCUT2D eigenvalue weighted by molar-refractivity contribution is -0.145. The lowest BCUT2D eigenvalue weighted by Gasteiger charge is -2.16. The second kappa shape index (κ2) is 6.68. The van der Waals surface area contributed by atoms with Gasteiger partial charge in [0.25, 0.3) is 5.91 Å². The van der Waals surface area contributed by atoms with E-state index >= 15 is 0 Å². The number of carboxylic acids is 2. The Morgan fingerprint density at radius 1 is 1.24 bits per heavy atom. The van der Waals surface area contributed by atoms with Gasteiger partial charge < -0.3 is 15.5 Å². The highest BCUT2D eigenvalue weighted by atomic mass is 35.5. The third-order valence-electron chi connectivity index (χ3n) is 4.18. The van der Waals surface area contributed by atoms with Gasteiger partial charge in [-0.1, -0.05) is 11.6 Å². The third-order valence-corrected chi connectivity index (χ3v) is 4.42. The minimum atomic E-state index is -1.51. The summed E-state index contributed by atoms with van der Waals surface area (Å²) in [6.45, 7) is 0. The van der Waals surface area contributed by atoms with Gasteiger partial charge in [-0.3, -0.25) is 14.6 Å². The number of aryl methyl sites for hydroxylation is 1. The molecule has 1 aromatic heterocycles. The molecule has 130 valence electrons. The smallest absolute Gasteiger partial charge is 0.326 e. The van der Waals surface area contributed by atoms with E-state index in [9.17, 15) is 14.4 Å². The van der Waals surface area contributed by atoms with E-state index in [-0.39, 0.29) is 0 Å². The van der Waals surface area contributed by atoms with Crippen LogP contribution in [0, 0.1) is 0 Å². The average molecular weight is 363 g/mol. The zero-order valence-corrected chi connectivity index (χ0v) is 13.8. The number of nitrogens with zero attached hydrogens (tertiary/aromatic N) is 1. The number of aromatic nitrogens is 1. The van der Waals surface area contributed by atoms with Crippen LogP contribution in [0.25, 0.3) is 10.9 Å². The van der Waals surface area contributed by atoms with Gasteiger partial charge in [-0.15, -0.1) is 0 Å². The molecule has 7 nitrogen and oxygen atoms in total. The maximum absolute atomic E-state index is 12.8. The Bertz CT molecular complexity index is 896. The molecule has 25 heavy (non-hydrogen) atoms. The molecule has 0 saturated carbocycles. The molecule has 1 unspecified atom stereocenters. The minimum Gasteiger partial charge on any atom is -0.481 e. The van der Waals surface area contributed by atoms with Crippen molar-refractivity contribution >= 4 is 40.3 Å². The number of amides is 1. The fourth-order valence-corrected chi connectivity index (χ4v) is 3.27. The number of halogens is 1. The van der Waals surface area contributed by atoms with Crippen molar-refractivity contribution in [3.05, 3.63) is 40.0 Å².